The summed E-state index contributed by atoms with van der Waals surface area (Å²) in [5.74, 6) is 5.07. The Bertz CT molecular complexity index is 1070. The van der Waals surface area contributed by atoms with Crippen LogP contribution in [0.3, 0.4) is 0 Å². The van der Waals surface area contributed by atoms with Crippen LogP contribution in [0.4, 0.5) is 15.9 Å². The summed E-state index contributed by atoms with van der Waals surface area (Å²) in [6, 6.07) is 5.90. The Morgan fingerprint density at radius 2 is 2.07 bits per heavy atom. The van der Waals surface area contributed by atoms with Crippen molar-refractivity contribution in [2.24, 2.45) is 5.84 Å². The molecule has 0 fully saturated rings. The summed E-state index contributed by atoms with van der Waals surface area (Å²) in [6.45, 7) is 0. The zero-order chi connectivity index (χ0) is 19.7. The van der Waals surface area contributed by atoms with Gasteiger partial charge in [-0.25, -0.2) is 20.2 Å². The van der Waals surface area contributed by atoms with Gasteiger partial charge in [-0.15, -0.1) is 0 Å². The zero-order valence-corrected chi connectivity index (χ0v) is 15.4. The normalized spacial score (nSPS) is 12.5. The van der Waals surface area contributed by atoms with E-state index in [2.05, 4.69) is 25.7 Å². The third kappa shape index (κ3) is 3.39. The van der Waals surface area contributed by atoms with Crippen molar-refractivity contribution in [1.82, 2.24) is 20.4 Å². The summed E-state index contributed by atoms with van der Waals surface area (Å²) in [5, 5.41) is 3.56. The van der Waals surface area contributed by atoms with Crippen molar-refractivity contribution in [3.63, 3.8) is 0 Å². The number of fused-ring (bicyclic) bond motifs is 1. The summed E-state index contributed by atoms with van der Waals surface area (Å²) in [6.07, 6.45) is 5.44. The smallest absolute Gasteiger partial charge is 0.268 e. The number of carbonyl (C=O) groups excluding carboxylic acids is 1. The van der Waals surface area contributed by atoms with E-state index >= 15 is 0 Å². The number of pyridine rings is 1. The summed E-state index contributed by atoms with van der Waals surface area (Å²) in [5.41, 5.74) is 4.87. The molecule has 28 heavy (non-hydrogen) atoms. The number of hydrazine groups is 1. The molecule has 2 aromatic heterocycles. The molecule has 4 N–H and O–H groups in total. The fourth-order valence-corrected chi connectivity index (χ4v) is 3.39. The number of aryl methyl sites for hydroxylation is 1. The minimum absolute atomic E-state index is 0.222. The number of amides is 1. The second-order valence-corrected chi connectivity index (χ2v) is 6.75. The fourth-order valence-electron chi connectivity index (χ4n) is 3.21. The van der Waals surface area contributed by atoms with Crippen LogP contribution in [0.2, 0.25) is 5.02 Å². The average molecular weight is 399 g/mol. The molecule has 0 saturated heterocycles. The molecule has 0 spiro atoms. The quantitative estimate of drug-likeness (QED) is 0.354. The number of benzene rings is 1. The maximum absolute atomic E-state index is 14.3. The van der Waals surface area contributed by atoms with Gasteiger partial charge in [0.15, 0.2) is 5.82 Å². The molecule has 1 aromatic carbocycles. The molecule has 7 nitrogen and oxygen atoms in total. The van der Waals surface area contributed by atoms with Gasteiger partial charge in [-0.3, -0.25) is 15.2 Å². The fraction of sp³-hybridized carbons (Fsp3) is 0.158. The first-order chi connectivity index (χ1) is 13.6. The lowest BCUT2D eigenvalue weighted by Crippen LogP contribution is -2.30. The molecule has 142 valence electrons. The number of nitrogens with one attached hydrogen (secondary N) is 2. The van der Waals surface area contributed by atoms with Crippen molar-refractivity contribution in [2.75, 3.05) is 5.32 Å². The summed E-state index contributed by atoms with van der Waals surface area (Å²) in [4.78, 5) is 25.1. The Kier molecular flexibility index (Phi) is 4.89. The molecule has 0 unspecified atom stereocenters. The largest absolute Gasteiger partial charge is 0.339 e. The molecule has 1 aliphatic carbocycles. The van der Waals surface area contributed by atoms with Crippen LogP contribution in [0.1, 0.15) is 28.0 Å². The number of halogens is 2. The number of nitrogens with two attached hydrogens (primary N) is 1. The monoisotopic (exact) mass is 398 g/mol. The van der Waals surface area contributed by atoms with E-state index in [1.807, 2.05) is 0 Å². The second kappa shape index (κ2) is 7.49. The Balaban J connectivity index is 1.82. The van der Waals surface area contributed by atoms with Gasteiger partial charge in [-0.2, -0.15) is 0 Å². The lowest BCUT2D eigenvalue weighted by atomic mass is 10.1. The van der Waals surface area contributed by atoms with Crippen molar-refractivity contribution in [1.29, 1.82) is 0 Å². The van der Waals surface area contributed by atoms with Crippen molar-refractivity contribution in [2.45, 2.75) is 19.3 Å². The van der Waals surface area contributed by atoms with E-state index in [0.717, 1.165) is 30.5 Å². The van der Waals surface area contributed by atoms with Crippen LogP contribution >= 0.6 is 11.6 Å². The first-order valence-corrected chi connectivity index (χ1v) is 9.02. The minimum Gasteiger partial charge on any atom is -0.339 e. The average Bonchev–Trinajstić information content (AvgIpc) is 3.18. The predicted octanol–water partition coefficient (Wildman–Crippen LogP) is 3.17. The molecule has 3 aromatic rings. The standard InChI is InChI=1S/C19H16ClFN6O/c20-10-4-5-14(21)12(8-10)18-24-15-3-1-2-11(15)17(26-18)25-16-6-7-23-9-13(16)19(28)27-22/h4-9H,1-3,22H2,(H,27,28)(H,23,24,25,26). The topological polar surface area (TPSA) is 106 Å². The van der Waals surface area contributed by atoms with Crippen LogP contribution in [0.15, 0.2) is 36.7 Å². The molecule has 0 saturated carbocycles. The van der Waals surface area contributed by atoms with E-state index in [-0.39, 0.29) is 17.0 Å². The Morgan fingerprint density at radius 1 is 1.21 bits per heavy atom. The van der Waals surface area contributed by atoms with Gasteiger partial charge in [-0.1, -0.05) is 11.6 Å². The highest BCUT2D eigenvalue weighted by molar-refractivity contribution is 6.30. The Labute approximate surface area is 165 Å². The number of aromatic nitrogens is 3. The van der Waals surface area contributed by atoms with Crippen LogP contribution in [0.25, 0.3) is 11.4 Å². The molecule has 4 rings (SSSR count). The highest BCUT2D eigenvalue weighted by atomic mass is 35.5. The SMILES string of the molecule is NNC(=O)c1cnccc1Nc1nc(-c2cc(Cl)ccc2F)nc2c1CCC2. The van der Waals surface area contributed by atoms with Crippen LogP contribution in [-0.4, -0.2) is 20.9 Å². The molecule has 9 heteroatoms. The summed E-state index contributed by atoms with van der Waals surface area (Å²) < 4.78 is 14.3. The van der Waals surface area contributed by atoms with E-state index < -0.39 is 11.7 Å². The molecule has 1 aliphatic rings. The van der Waals surface area contributed by atoms with Crippen LogP contribution < -0.4 is 16.6 Å². The van der Waals surface area contributed by atoms with Crippen LogP contribution in [-0.2, 0) is 12.8 Å². The number of carbonyl (C=O) groups is 1. The minimum atomic E-state index is -0.484. The highest BCUT2D eigenvalue weighted by Gasteiger charge is 2.22. The first-order valence-electron chi connectivity index (χ1n) is 8.64. The maximum atomic E-state index is 14.3. The van der Waals surface area contributed by atoms with E-state index in [1.54, 1.807) is 12.3 Å². The Morgan fingerprint density at radius 3 is 2.89 bits per heavy atom. The third-order valence-corrected chi connectivity index (χ3v) is 4.79. The van der Waals surface area contributed by atoms with Crippen molar-refractivity contribution >= 4 is 29.0 Å². The van der Waals surface area contributed by atoms with Gasteiger partial charge < -0.3 is 5.32 Å². The highest BCUT2D eigenvalue weighted by Crippen LogP contribution is 2.33. The number of nitrogen functional groups attached to an aromatic ring is 1. The predicted molar refractivity (Wildman–Crippen MR) is 104 cm³/mol. The number of anilines is 2. The number of hydrogen-bond donors (Lipinski definition) is 3. The molecular formula is C19H16ClFN6O. The Hall–Kier alpha value is -3.10. The molecular weight excluding hydrogens is 383 g/mol. The van der Waals surface area contributed by atoms with Gasteiger partial charge in [-0.05, 0) is 43.5 Å². The van der Waals surface area contributed by atoms with Crippen molar-refractivity contribution in [3.05, 3.63) is 64.3 Å². The van der Waals surface area contributed by atoms with E-state index in [9.17, 15) is 9.18 Å². The zero-order valence-electron chi connectivity index (χ0n) is 14.7. The lowest BCUT2D eigenvalue weighted by molar-refractivity contribution is 0.0954. The molecule has 2 heterocycles. The van der Waals surface area contributed by atoms with Gasteiger partial charge in [0.05, 0.1) is 16.8 Å². The van der Waals surface area contributed by atoms with Crippen molar-refractivity contribution in [3.8, 4) is 11.4 Å². The van der Waals surface area contributed by atoms with Crippen molar-refractivity contribution < 1.29 is 9.18 Å². The van der Waals surface area contributed by atoms with Crippen LogP contribution in [0.5, 0.6) is 0 Å². The van der Waals surface area contributed by atoms with E-state index in [0.29, 0.717) is 16.5 Å². The molecule has 0 radical (unpaired) electrons. The van der Waals surface area contributed by atoms with Gasteiger partial charge >= 0.3 is 0 Å². The summed E-state index contributed by atoms with van der Waals surface area (Å²) in [7, 11) is 0. The molecule has 0 atom stereocenters. The summed E-state index contributed by atoms with van der Waals surface area (Å²) >= 11 is 6.02. The maximum Gasteiger partial charge on any atom is 0.268 e. The van der Waals surface area contributed by atoms with Gasteiger partial charge in [0.25, 0.3) is 5.91 Å². The second-order valence-electron chi connectivity index (χ2n) is 6.32. The number of nitrogens with zero attached hydrogens (tertiary/aromatic N) is 3. The molecule has 0 bridgehead atoms. The van der Waals surface area contributed by atoms with Gasteiger partial charge in [0, 0.05) is 28.7 Å². The first kappa shape index (κ1) is 18.3. The van der Waals surface area contributed by atoms with Gasteiger partial charge in [0.1, 0.15) is 11.6 Å². The third-order valence-electron chi connectivity index (χ3n) is 4.55. The van der Waals surface area contributed by atoms with Gasteiger partial charge in [0.2, 0.25) is 0 Å². The molecule has 1 amide bonds. The lowest BCUT2D eigenvalue weighted by Gasteiger charge is -2.14. The molecule has 0 aliphatic heterocycles. The number of hydrogen-bond acceptors (Lipinski definition) is 6. The van der Waals surface area contributed by atoms with Crippen LogP contribution in [0, 0.1) is 5.82 Å². The number of rotatable bonds is 4. The van der Waals surface area contributed by atoms with E-state index in [1.165, 1.54) is 24.4 Å². The van der Waals surface area contributed by atoms with E-state index in [4.69, 9.17) is 17.4 Å².